The smallest absolute Gasteiger partial charge is 0.410 e. The number of halogens is 1. The number of hydrogen-bond acceptors (Lipinski definition) is 3. The second-order valence-corrected chi connectivity index (χ2v) is 5.69. The van der Waals surface area contributed by atoms with Gasteiger partial charge in [0.05, 0.1) is 6.54 Å². The molecule has 0 spiro atoms. The van der Waals surface area contributed by atoms with E-state index in [1.807, 2.05) is 37.3 Å². The van der Waals surface area contributed by atoms with Crippen molar-refractivity contribution in [3.05, 3.63) is 35.9 Å². The number of nitrogens with one attached hydrogen (secondary N) is 1. The number of hydrogen-bond donors (Lipinski definition) is 1. The van der Waals surface area contributed by atoms with Crippen molar-refractivity contribution in [2.45, 2.75) is 45.0 Å². The Morgan fingerprint density at radius 3 is 2.78 bits per heavy atom. The molecule has 0 radical (unpaired) electrons. The van der Waals surface area contributed by atoms with Gasteiger partial charge in [0.2, 0.25) is 5.91 Å². The van der Waals surface area contributed by atoms with Crippen LogP contribution in [0.25, 0.3) is 0 Å². The highest BCUT2D eigenvalue weighted by atomic mass is 19.1. The molecule has 1 aliphatic rings. The van der Waals surface area contributed by atoms with Gasteiger partial charge >= 0.3 is 6.09 Å². The molecule has 1 N–H and O–H groups in total. The number of benzene rings is 1. The number of carbonyl (C=O) groups is 2. The lowest BCUT2D eigenvalue weighted by Gasteiger charge is -2.23. The van der Waals surface area contributed by atoms with Crippen LogP contribution in [0.5, 0.6) is 0 Å². The Kier molecular flexibility index (Phi) is 6.38. The van der Waals surface area contributed by atoms with Crippen LogP contribution >= 0.6 is 0 Å². The van der Waals surface area contributed by atoms with E-state index in [2.05, 4.69) is 5.32 Å². The average Bonchev–Trinajstić information content (AvgIpc) is 2.96. The van der Waals surface area contributed by atoms with E-state index in [-0.39, 0.29) is 25.5 Å². The minimum atomic E-state index is -1.19. The molecule has 1 aliphatic heterocycles. The molecule has 6 heteroatoms. The predicted octanol–water partition coefficient (Wildman–Crippen LogP) is 2.65. The fraction of sp³-hybridized carbons (Fsp3) is 0.529. The Bertz CT molecular complexity index is 524. The maximum atomic E-state index is 13.7. The van der Waals surface area contributed by atoms with Gasteiger partial charge in [-0.15, -0.1) is 0 Å². The average molecular weight is 322 g/mol. The van der Waals surface area contributed by atoms with E-state index < -0.39 is 18.3 Å². The lowest BCUT2D eigenvalue weighted by molar-refractivity contribution is -0.125. The maximum Gasteiger partial charge on any atom is 0.410 e. The minimum absolute atomic E-state index is 0.0262. The zero-order chi connectivity index (χ0) is 16.7. The number of unbranched alkanes of at least 4 members (excludes halogenated alkanes) is 1. The molecule has 2 rings (SSSR count). The van der Waals surface area contributed by atoms with E-state index in [4.69, 9.17) is 4.74 Å². The van der Waals surface area contributed by atoms with Gasteiger partial charge in [0.25, 0.3) is 0 Å². The first-order chi connectivity index (χ1) is 11.1. The molecule has 0 aliphatic carbocycles. The van der Waals surface area contributed by atoms with Crippen molar-refractivity contribution in [1.29, 1.82) is 0 Å². The molecule has 1 unspecified atom stereocenters. The molecule has 0 saturated carbocycles. The topological polar surface area (TPSA) is 58.6 Å². The second kappa shape index (κ2) is 8.50. The summed E-state index contributed by atoms with van der Waals surface area (Å²) < 4.78 is 18.9. The van der Waals surface area contributed by atoms with Crippen LogP contribution in [0.1, 0.15) is 31.7 Å². The van der Waals surface area contributed by atoms with Gasteiger partial charge in [0.15, 0.2) is 0 Å². The highest BCUT2D eigenvalue weighted by Crippen LogP contribution is 2.22. The quantitative estimate of drug-likeness (QED) is 0.819. The first-order valence-corrected chi connectivity index (χ1v) is 8.01. The van der Waals surface area contributed by atoms with Gasteiger partial charge < -0.3 is 10.1 Å². The van der Waals surface area contributed by atoms with Crippen molar-refractivity contribution in [3.63, 3.8) is 0 Å². The van der Waals surface area contributed by atoms with Gasteiger partial charge in [0, 0.05) is 13.0 Å². The molecule has 1 aromatic rings. The summed E-state index contributed by atoms with van der Waals surface area (Å²) in [4.78, 5) is 25.5. The monoisotopic (exact) mass is 322 g/mol. The van der Waals surface area contributed by atoms with Crippen LogP contribution in [0.2, 0.25) is 0 Å². The third-order valence-electron chi connectivity index (χ3n) is 3.82. The van der Waals surface area contributed by atoms with Gasteiger partial charge in [-0.1, -0.05) is 43.7 Å². The molecule has 5 nitrogen and oxygen atoms in total. The summed E-state index contributed by atoms with van der Waals surface area (Å²) in [6, 6.07) is 8.45. The van der Waals surface area contributed by atoms with Crippen LogP contribution in [-0.4, -0.2) is 42.2 Å². The number of likely N-dealkylation sites (tertiary alicyclic amines) is 1. The Morgan fingerprint density at radius 1 is 1.35 bits per heavy atom. The highest BCUT2D eigenvalue weighted by molar-refractivity contribution is 5.86. The second-order valence-electron chi connectivity index (χ2n) is 5.69. The lowest BCUT2D eigenvalue weighted by Crippen LogP contribution is -2.46. The van der Waals surface area contributed by atoms with Crippen molar-refractivity contribution < 1.29 is 18.7 Å². The maximum absolute atomic E-state index is 13.7. The van der Waals surface area contributed by atoms with Crippen LogP contribution in [0.3, 0.4) is 0 Å². The molecular formula is C17H23FN2O3. The number of nitrogens with zero attached hydrogens (tertiary/aromatic N) is 1. The number of alkyl halides is 1. The van der Waals surface area contributed by atoms with Crippen molar-refractivity contribution in [3.8, 4) is 0 Å². The molecule has 2 atom stereocenters. The van der Waals surface area contributed by atoms with E-state index in [0.717, 1.165) is 18.4 Å². The lowest BCUT2D eigenvalue weighted by atomic mass is 10.2. The summed E-state index contributed by atoms with van der Waals surface area (Å²) in [7, 11) is 0. The first kappa shape index (κ1) is 17.2. The van der Waals surface area contributed by atoms with Gasteiger partial charge in [0.1, 0.15) is 18.8 Å². The Balaban J connectivity index is 1.90. The number of rotatable bonds is 6. The van der Waals surface area contributed by atoms with E-state index >= 15 is 0 Å². The molecule has 1 aromatic carbocycles. The summed E-state index contributed by atoms with van der Waals surface area (Å²) >= 11 is 0. The molecule has 126 valence electrons. The van der Waals surface area contributed by atoms with Gasteiger partial charge in [-0.25, -0.2) is 9.18 Å². The SMILES string of the molecule is CCCCNC(=O)[C@@H]1CC(F)CN1C(=O)OCc1ccccc1. The number of amides is 2. The van der Waals surface area contributed by atoms with Crippen LogP contribution in [-0.2, 0) is 16.1 Å². The summed E-state index contributed by atoms with van der Waals surface area (Å²) in [6.07, 6.45) is -0.000662. The van der Waals surface area contributed by atoms with Gasteiger partial charge in [-0.05, 0) is 12.0 Å². The standard InChI is InChI=1S/C17H23FN2O3/c1-2-3-9-19-16(21)15-10-14(18)11-20(15)17(22)23-12-13-7-5-4-6-8-13/h4-8,14-15H,2-3,9-12H2,1H3,(H,19,21)/t14?,15-/m0/s1. The molecule has 2 amide bonds. The Labute approximate surface area is 135 Å². The van der Waals surface area contributed by atoms with Crippen molar-refractivity contribution in [1.82, 2.24) is 10.2 Å². The number of carbonyl (C=O) groups excluding carboxylic acids is 2. The van der Waals surface area contributed by atoms with E-state index in [9.17, 15) is 14.0 Å². The summed E-state index contributed by atoms with van der Waals surface area (Å²) in [5.74, 6) is -0.310. The fourth-order valence-electron chi connectivity index (χ4n) is 2.54. The fourth-order valence-corrected chi connectivity index (χ4v) is 2.54. The van der Waals surface area contributed by atoms with Gasteiger partial charge in [-0.2, -0.15) is 0 Å². The summed E-state index contributed by atoms with van der Waals surface area (Å²) in [5.41, 5.74) is 0.848. The van der Waals surface area contributed by atoms with E-state index in [1.54, 1.807) is 0 Å². The third-order valence-corrected chi connectivity index (χ3v) is 3.82. The largest absolute Gasteiger partial charge is 0.445 e. The molecular weight excluding hydrogens is 299 g/mol. The number of ether oxygens (including phenoxy) is 1. The molecule has 1 fully saturated rings. The predicted molar refractivity (Wildman–Crippen MR) is 84.6 cm³/mol. The molecule has 1 saturated heterocycles. The molecule has 0 bridgehead atoms. The van der Waals surface area contributed by atoms with Crippen LogP contribution in [0.4, 0.5) is 9.18 Å². The minimum Gasteiger partial charge on any atom is -0.445 e. The zero-order valence-electron chi connectivity index (χ0n) is 13.3. The van der Waals surface area contributed by atoms with Crippen molar-refractivity contribution in [2.75, 3.05) is 13.1 Å². The highest BCUT2D eigenvalue weighted by Gasteiger charge is 2.40. The van der Waals surface area contributed by atoms with E-state index in [1.165, 1.54) is 4.90 Å². The zero-order valence-corrected chi connectivity index (χ0v) is 13.3. The molecule has 1 heterocycles. The normalized spacial score (nSPS) is 20.3. The van der Waals surface area contributed by atoms with Crippen molar-refractivity contribution in [2.24, 2.45) is 0 Å². The summed E-state index contributed by atoms with van der Waals surface area (Å²) in [5, 5.41) is 2.75. The first-order valence-electron chi connectivity index (χ1n) is 8.01. The Morgan fingerprint density at radius 2 is 2.09 bits per heavy atom. The van der Waals surface area contributed by atoms with Crippen LogP contribution < -0.4 is 5.32 Å². The van der Waals surface area contributed by atoms with Crippen LogP contribution in [0.15, 0.2) is 30.3 Å². The van der Waals surface area contributed by atoms with Gasteiger partial charge in [-0.3, -0.25) is 9.69 Å². The Hall–Kier alpha value is -2.11. The van der Waals surface area contributed by atoms with E-state index in [0.29, 0.717) is 6.54 Å². The van der Waals surface area contributed by atoms with Crippen LogP contribution in [0, 0.1) is 0 Å². The molecule has 0 aromatic heterocycles. The summed E-state index contributed by atoms with van der Waals surface area (Å²) in [6.45, 7) is 2.57. The molecule has 23 heavy (non-hydrogen) atoms. The van der Waals surface area contributed by atoms with Crippen molar-refractivity contribution >= 4 is 12.0 Å². The third kappa shape index (κ3) is 4.94.